The number of hydrogen-bond acceptors (Lipinski definition) is 6. The predicted octanol–water partition coefficient (Wildman–Crippen LogP) is 4.56. The number of nitrogens with zero attached hydrogens (tertiary/aromatic N) is 2. The van der Waals surface area contributed by atoms with Gasteiger partial charge < -0.3 is 13.6 Å². The highest BCUT2D eigenvalue weighted by Gasteiger charge is 2.18. The molecule has 0 radical (unpaired) electrons. The summed E-state index contributed by atoms with van der Waals surface area (Å²) in [4.78, 5) is 11.9. The number of hydrogen-bond donors (Lipinski definition) is 0. The Bertz CT molecular complexity index is 896. The molecule has 1 aromatic carbocycles. The van der Waals surface area contributed by atoms with E-state index in [-0.39, 0.29) is 5.89 Å². The van der Waals surface area contributed by atoms with Crippen molar-refractivity contribution < 1.29 is 18.4 Å². The van der Waals surface area contributed by atoms with Crippen LogP contribution in [0.25, 0.3) is 17.5 Å². The van der Waals surface area contributed by atoms with Crippen LogP contribution in [0.15, 0.2) is 51.3 Å². The number of benzene rings is 1. The minimum absolute atomic E-state index is 0.241. The SMILES string of the molecule is Cc1ccc(-c2nnc(C(C)OC(=O)/C=C/c3ccc(I)o3)o2)cc1. The Balaban J connectivity index is 1.63. The van der Waals surface area contributed by atoms with Crippen molar-refractivity contribution >= 4 is 34.6 Å². The highest BCUT2D eigenvalue weighted by molar-refractivity contribution is 14.1. The van der Waals surface area contributed by atoms with Crippen molar-refractivity contribution in [3.8, 4) is 11.5 Å². The zero-order valence-electron chi connectivity index (χ0n) is 13.6. The van der Waals surface area contributed by atoms with Crippen LogP contribution in [0.5, 0.6) is 0 Å². The Morgan fingerprint density at radius 2 is 1.92 bits per heavy atom. The number of furan rings is 1. The maximum Gasteiger partial charge on any atom is 0.331 e. The van der Waals surface area contributed by atoms with Gasteiger partial charge in [0.1, 0.15) is 5.76 Å². The average Bonchev–Trinajstić information content (AvgIpc) is 3.23. The maximum absolute atomic E-state index is 11.9. The second kappa shape index (κ2) is 7.64. The molecule has 2 aromatic heterocycles. The average molecular weight is 450 g/mol. The van der Waals surface area contributed by atoms with E-state index in [9.17, 15) is 4.79 Å². The summed E-state index contributed by atoms with van der Waals surface area (Å²) in [6.45, 7) is 3.68. The van der Waals surface area contributed by atoms with Crippen LogP contribution >= 0.6 is 22.6 Å². The van der Waals surface area contributed by atoms with E-state index in [0.717, 1.165) is 14.9 Å². The smallest absolute Gasteiger partial charge is 0.331 e. The second-order valence-electron chi connectivity index (χ2n) is 5.37. The number of carbonyl (C=O) groups excluding carboxylic acids is 1. The fourth-order valence-electron chi connectivity index (χ4n) is 2.04. The van der Waals surface area contributed by atoms with Gasteiger partial charge in [-0.2, -0.15) is 0 Å². The third kappa shape index (κ3) is 4.56. The summed E-state index contributed by atoms with van der Waals surface area (Å²) in [7, 11) is 0. The van der Waals surface area contributed by atoms with Gasteiger partial charge in [-0.15, -0.1) is 10.2 Å². The summed E-state index contributed by atoms with van der Waals surface area (Å²) in [5.74, 6) is 0.686. The summed E-state index contributed by atoms with van der Waals surface area (Å²) in [5.41, 5.74) is 1.96. The van der Waals surface area contributed by atoms with Crippen LogP contribution in [0.2, 0.25) is 0 Å². The van der Waals surface area contributed by atoms with Crippen molar-refractivity contribution in [2.45, 2.75) is 20.0 Å². The number of carbonyl (C=O) groups is 1. The fraction of sp³-hybridized carbons (Fsp3) is 0.167. The molecule has 0 bridgehead atoms. The molecule has 0 aliphatic heterocycles. The topological polar surface area (TPSA) is 78.4 Å². The normalized spacial score (nSPS) is 12.4. The van der Waals surface area contributed by atoms with E-state index < -0.39 is 12.1 Å². The van der Waals surface area contributed by atoms with Crippen LogP contribution in [-0.2, 0) is 9.53 Å². The van der Waals surface area contributed by atoms with Gasteiger partial charge in [-0.3, -0.25) is 0 Å². The Morgan fingerprint density at radius 1 is 1.16 bits per heavy atom. The third-order valence-electron chi connectivity index (χ3n) is 3.36. The van der Waals surface area contributed by atoms with Crippen LogP contribution in [-0.4, -0.2) is 16.2 Å². The molecule has 0 saturated heterocycles. The van der Waals surface area contributed by atoms with Gasteiger partial charge in [-0.25, -0.2) is 4.79 Å². The Kier molecular flexibility index (Phi) is 5.32. The van der Waals surface area contributed by atoms with Crippen molar-refractivity contribution in [2.75, 3.05) is 0 Å². The van der Waals surface area contributed by atoms with E-state index in [4.69, 9.17) is 13.6 Å². The molecule has 0 N–H and O–H groups in total. The molecule has 7 heteroatoms. The monoisotopic (exact) mass is 450 g/mol. The van der Waals surface area contributed by atoms with E-state index in [0.29, 0.717) is 11.7 Å². The lowest BCUT2D eigenvalue weighted by atomic mass is 10.1. The van der Waals surface area contributed by atoms with Crippen molar-refractivity contribution in [1.29, 1.82) is 0 Å². The van der Waals surface area contributed by atoms with Gasteiger partial charge in [0.05, 0.1) is 0 Å². The molecule has 1 unspecified atom stereocenters. The fourth-order valence-corrected chi connectivity index (χ4v) is 2.48. The van der Waals surface area contributed by atoms with Crippen molar-refractivity contribution in [2.24, 2.45) is 0 Å². The molecule has 25 heavy (non-hydrogen) atoms. The predicted molar refractivity (Wildman–Crippen MR) is 99.4 cm³/mol. The number of ether oxygens (including phenoxy) is 1. The first kappa shape index (κ1) is 17.4. The van der Waals surface area contributed by atoms with Crippen LogP contribution in [0.1, 0.15) is 30.2 Å². The first-order valence-electron chi connectivity index (χ1n) is 7.56. The van der Waals surface area contributed by atoms with Gasteiger partial charge in [0, 0.05) is 11.6 Å². The molecular formula is C18H15IN2O4. The Morgan fingerprint density at radius 3 is 2.60 bits per heavy atom. The van der Waals surface area contributed by atoms with Crippen LogP contribution in [0.4, 0.5) is 0 Å². The first-order valence-corrected chi connectivity index (χ1v) is 8.63. The molecule has 0 aliphatic carbocycles. The molecule has 0 amide bonds. The molecule has 3 rings (SSSR count). The molecule has 3 aromatic rings. The third-order valence-corrected chi connectivity index (χ3v) is 3.94. The molecule has 1 atom stereocenters. The van der Waals surface area contributed by atoms with Gasteiger partial charge in [0.15, 0.2) is 9.87 Å². The van der Waals surface area contributed by atoms with E-state index in [2.05, 4.69) is 10.2 Å². The van der Waals surface area contributed by atoms with Crippen LogP contribution in [0, 0.1) is 10.7 Å². The van der Waals surface area contributed by atoms with Gasteiger partial charge in [0.2, 0.25) is 5.89 Å². The van der Waals surface area contributed by atoms with E-state index in [1.807, 2.05) is 53.8 Å². The molecule has 0 spiro atoms. The van der Waals surface area contributed by atoms with Crippen molar-refractivity contribution in [1.82, 2.24) is 10.2 Å². The van der Waals surface area contributed by atoms with Crippen molar-refractivity contribution in [3.63, 3.8) is 0 Å². The first-order chi connectivity index (χ1) is 12.0. The number of halogens is 1. The van der Waals surface area contributed by atoms with Crippen LogP contribution < -0.4 is 0 Å². The van der Waals surface area contributed by atoms with E-state index in [1.54, 1.807) is 25.1 Å². The minimum Gasteiger partial charge on any atom is -0.451 e. The lowest BCUT2D eigenvalue weighted by Gasteiger charge is -2.06. The quantitative estimate of drug-likeness (QED) is 0.322. The lowest BCUT2D eigenvalue weighted by Crippen LogP contribution is -2.06. The maximum atomic E-state index is 11.9. The standard InChI is InChI=1S/C18H15IN2O4/c1-11-3-5-13(6-4-11)18-21-20-17(25-18)12(2)23-16(22)10-8-14-7-9-15(19)24-14/h3-10,12H,1-2H3/b10-8+. The summed E-state index contributed by atoms with van der Waals surface area (Å²) in [5, 5.41) is 7.95. The van der Waals surface area contributed by atoms with E-state index in [1.165, 1.54) is 6.08 Å². The minimum atomic E-state index is -0.652. The summed E-state index contributed by atoms with van der Waals surface area (Å²) in [6.07, 6.45) is 2.19. The van der Waals surface area contributed by atoms with Gasteiger partial charge in [-0.1, -0.05) is 17.7 Å². The van der Waals surface area contributed by atoms with Crippen molar-refractivity contribution in [3.05, 3.63) is 63.5 Å². The second-order valence-corrected chi connectivity index (χ2v) is 6.43. The summed E-state index contributed by atoms with van der Waals surface area (Å²) in [6, 6.07) is 11.3. The molecule has 6 nitrogen and oxygen atoms in total. The van der Waals surface area contributed by atoms with Gasteiger partial charge >= 0.3 is 5.97 Å². The highest BCUT2D eigenvalue weighted by atomic mass is 127. The largest absolute Gasteiger partial charge is 0.451 e. The lowest BCUT2D eigenvalue weighted by molar-refractivity contribution is -0.143. The number of esters is 1. The zero-order valence-corrected chi connectivity index (χ0v) is 15.8. The summed E-state index contributed by atoms with van der Waals surface area (Å²) >= 11 is 2.05. The Hall–Kier alpha value is -2.42. The molecule has 2 heterocycles. The highest BCUT2D eigenvalue weighted by Crippen LogP contribution is 2.22. The molecule has 0 saturated carbocycles. The van der Waals surface area contributed by atoms with E-state index >= 15 is 0 Å². The van der Waals surface area contributed by atoms with Gasteiger partial charge in [0.25, 0.3) is 5.89 Å². The summed E-state index contributed by atoms with van der Waals surface area (Å²) < 4.78 is 16.9. The molecule has 128 valence electrons. The number of aryl methyl sites for hydroxylation is 1. The van der Waals surface area contributed by atoms with Gasteiger partial charge in [-0.05, 0) is 66.8 Å². The zero-order chi connectivity index (χ0) is 17.8. The van der Waals surface area contributed by atoms with Crippen LogP contribution in [0.3, 0.4) is 0 Å². The Labute approximate surface area is 158 Å². The molecular weight excluding hydrogens is 435 g/mol. The number of aromatic nitrogens is 2. The molecule has 0 fully saturated rings. The molecule has 0 aliphatic rings. The number of rotatable bonds is 5.